The second kappa shape index (κ2) is 4.95. The van der Waals surface area contributed by atoms with Crippen molar-refractivity contribution in [2.45, 2.75) is 31.2 Å². The van der Waals surface area contributed by atoms with Crippen molar-refractivity contribution in [1.82, 2.24) is 9.88 Å². The normalized spacial score (nSPS) is 16.9. The first-order valence-electron chi connectivity index (χ1n) is 6.23. The Morgan fingerprint density at radius 1 is 1.40 bits per heavy atom. The first kappa shape index (κ1) is 14.0. The highest BCUT2D eigenvalue weighted by molar-refractivity contribution is 5.97. The molecule has 2 rings (SSSR count). The molecule has 1 aliphatic carbocycles. The molecule has 0 saturated heterocycles. The highest BCUT2D eigenvalue weighted by atomic mass is 16.6. The predicted molar refractivity (Wildman–Crippen MR) is 68.4 cm³/mol. The number of carbonyl (C=O) groups excluding carboxylic acids is 1. The molecule has 0 spiro atoms. The lowest BCUT2D eigenvalue weighted by Gasteiger charge is -2.24. The predicted octanol–water partition coefficient (Wildman–Crippen LogP) is 1.06. The van der Waals surface area contributed by atoms with Crippen LogP contribution in [-0.2, 0) is 11.8 Å². The number of nitrogens with zero attached hydrogens (tertiary/aromatic N) is 2. The van der Waals surface area contributed by atoms with E-state index in [9.17, 15) is 24.8 Å². The summed E-state index contributed by atoms with van der Waals surface area (Å²) >= 11 is 0. The third-order valence-electron chi connectivity index (χ3n) is 3.73. The van der Waals surface area contributed by atoms with Crippen LogP contribution in [-0.4, -0.2) is 32.0 Å². The van der Waals surface area contributed by atoms with Gasteiger partial charge in [0.2, 0.25) is 0 Å². The van der Waals surface area contributed by atoms with E-state index in [0.29, 0.717) is 12.8 Å². The zero-order valence-corrected chi connectivity index (χ0v) is 11.0. The molecule has 1 aliphatic rings. The number of amides is 1. The quantitative estimate of drug-likeness (QED) is 0.632. The Morgan fingerprint density at radius 2 is 2.00 bits per heavy atom. The standard InChI is InChI=1S/C12H15N3O5/c1-14-8(4-5-9(14)15(19)20)10(16)13-12(11(17)18)6-2-3-7-12/h4-5H,2-3,6-7H2,1H3,(H,13,16)(H,17,18). The van der Waals surface area contributed by atoms with Gasteiger partial charge < -0.3 is 20.5 Å². The van der Waals surface area contributed by atoms with E-state index in [0.717, 1.165) is 17.4 Å². The molecule has 0 radical (unpaired) electrons. The molecule has 20 heavy (non-hydrogen) atoms. The molecule has 1 saturated carbocycles. The minimum absolute atomic E-state index is 0.0734. The maximum absolute atomic E-state index is 12.1. The van der Waals surface area contributed by atoms with Crippen LogP contribution >= 0.6 is 0 Å². The summed E-state index contributed by atoms with van der Waals surface area (Å²) in [6, 6.07) is 2.54. The van der Waals surface area contributed by atoms with Crippen molar-refractivity contribution in [3.63, 3.8) is 0 Å². The number of rotatable bonds is 4. The Bertz CT molecular complexity index is 572. The van der Waals surface area contributed by atoms with E-state index >= 15 is 0 Å². The highest BCUT2D eigenvalue weighted by Gasteiger charge is 2.43. The third kappa shape index (κ3) is 2.24. The van der Waals surface area contributed by atoms with E-state index in [1.807, 2.05) is 0 Å². The Hall–Kier alpha value is -2.38. The Balaban J connectivity index is 2.24. The average Bonchev–Trinajstić information content (AvgIpc) is 2.96. The highest BCUT2D eigenvalue weighted by Crippen LogP contribution is 2.30. The van der Waals surface area contributed by atoms with Gasteiger partial charge in [0, 0.05) is 6.07 Å². The molecule has 0 bridgehead atoms. The Labute approximate surface area is 114 Å². The summed E-state index contributed by atoms with van der Waals surface area (Å²) in [6.45, 7) is 0. The number of hydrogen-bond donors (Lipinski definition) is 2. The van der Waals surface area contributed by atoms with E-state index in [4.69, 9.17) is 0 Å². The molecular formula is C12H15N3O5. The van der Waals surface area contributed by atoms with E-state index in [1.54, 1.807) is 0 Å². The first-order chi connectivity index (χ1) is 9.37. The second-order valence-corrected chi connectivity index (χ2v) is 4.94. The minimum Gasteiger partial charge on any atom is -0.480 e. The Morgan fingerprint density at radius 3 is 2.45 bits per heavy atom. The molecule has 2 N–H and O–H groups in total. The molecule has 1 heterocycles. The van der Waals surface area contributed by atoms with Crippen LogP contribution in [0.4, 0.5) is 5.82 Å². The molecule has 1 amide bonds. The van der Waals surface area contributed by atoms with Crippen molar-refractivity contribution >= 4 is 17.7 Å². The van der Waals surface area contributed by atoms with E-state index < -0.39 is 22.3 Å². The Kier molecular flexibility index (Phi) is 3.47. The van der Waals surface area contributed by atoms with Crippen LogP contribution < -0.4 is 5.32 Å². The van der Waals surface area contributed by atoms with Crippen molar-refractivity contribution in [3.05, 3.63) is 27.9 Å². The van der Waals surface area contributed by atoms with Crippen LogP contribution in [0.15, 0.2) is 12.1 Å². The lowest BCUT2D eigenvalue weighted by molar-refractivity contribution is -0.391. The van der Waals surface area contributed by atoms with Crippen LogP contribution in [0.2, 0.25) is 0 Å². The molecule has 1 aromatic rings. The molecule has 8 nitrogen and oxygen atoms in total. The van der Waals surface area contributed by atoms with Crippen LogP contribution in [0.5, 0.6) is 0 Å². The van der Waals surface area contributed by atoms with Gasteiger partial charge >= 0.3 is 11.8 Å². The summed E-state index contributed by atoms with van der Waals surface area (Å²) in [5.74, 6) is -1.89. The molecule has 1 fully saturated rings. The summed E-state index contributed by atoms with van der Waals surface area (Å²) < 4.78 is 1.14. The average molecular weight is 281 g/mol. The summed E-state index contributed by atoms with van der Waals surface area (Å²) in [7, 11) is 1.40. The number of aromatic nitrogens is 1. The molecule has 8 heteroatoms. The summed E-state index contributed by atoms with van der Waals surface area (Å²) in [6.07, 6.45) is 2.22. The van der Waals surface area contributed by atoms with E-state index in [1.165, 1.54) is 19.2 Å². The largest absolute Gasteiger partial charge is 0.480 e. The van der Waals surface area contributed by atoms with Gasteiger partial charge in [0.1, 0.15) is 5.54 Å². The van der Waals surface area contributed by atoms with Crippen LogP contribution in [0.25, 0.3) is 0 Å². The number of aliphatic carboxylic acids is 1. The van der Waals surface area contributed by atoms with Gasteiger partial charge in [-0.15, -0.1) is 0 Å². The maximum atomic E-state index is 12.1. The van der Waals surface area contributed by atoms with E-state index in [-0.39, 0.29) is 11.5 Å². The monoisotopic (exact) mass is 281 g/mol. The number of carbonyl (C=O) groups is 2. The number of carboxylic acid groups (broad SMARTS) is 1. The molecule has 108 valence electrons. The molecular weight excluding hydrogens is 266 g/mol. The zero-order valence-electron chi connectivity index (χ0n) is 11.0. The summed E-state index contributed by atoms with van der Waals surface area (Å²) in [5, 5.41) is 22.5. The fourth-order valence-electron chi connectivity index (χ4n) is 2.56. The van der Waals surface area contributed by atoms with Crippen LogP contribution in [0, 0.1) is 10.1 Å². The van der Waals surface area contributed by atoms with Gasteiger partial charge in [-0.05, 0) is 23.8 Å². The van der Waals surface area contributed by atoms with E-state index in [2.05, 4.69) is 5.32 Å². The van der Waals surface area contributed by atoms with Crippen LogP contribution in [0.3, 0.4) is 0 Å². The van der Waals surface area contributed by atoms with Gasteiger partial charge in [0.05, 0.1) is 7.05 Å². The van der Waals surface area contributed by atoms with Crippen molar-refractivity contribution in [2.75, 3.05) is 0 Å². The SMILES string of the molecule is Cn1c(C(=O)NC2(C(=O)O)CCCC2)ccc1[N+](=O)[O-]. The lowest BCUT2D eigenvalue weighted by atomic mass is 9.97. The van der Waals surface area contributed by atoms with Crippen molar-refractivity contribution in [2.24, 2.45) is 7.05 Å². The zero-order chi connectivity index (χ0) is 14.9. The fraction of sp³-hybridized carbons (Fsp3) is 0.500. The van der Waals surface area contributed by atoms with Crippen molar-refractivity contribution in [3.8, 4) is 0 Å². The summed E-state index contributed by atoms with van der Waals surface area (Å²) in [5.41, 5.74) is -1.18. The topological polar surface area (TPSA) is 114 Å². The van der Waals surface area contributed by atoms with Gasteiger partial charge in [-0.1, -0.05) is 12.8 Å². The van der Waals surface area contributed by atoms with Crippen molar-refractivity contribution < 1.29 is 19.6 Å². The summed E-state index contributed by atoms with van der Waals surface area (Å²) in [4.78, 5) is 33.6. The van der Waals surface area contributed by atoms with Crippen molar-refractivity contribution in [1.29, 1.82) is 0 Å². The minimum atomic E-state index is -1.25. The number of hydrogen-bond acceptors (Lipinski definition) is 4. The van der Waals surface area contributed by atoms with Gasteiger partial charge in [0.15, 0.2) is 5.69 Å². The number of nitro groups is 1. The molecule has 0 unspecified atom stereocenters. The maximum Gasteiger partial charge on any atom is 0.329 e. The molecule has 1 aromatic heterocycles. The number of nitrogens with one attached hydrogen (secondary N) is 1. The van der Waals surface area contributed by atoms with Gasteiger partial charge in [0.25, 0.3) is 5.91 Å². The van der Waals surface area contributed by atoms with Gasteiger partial charge in [-0.2, -0.15) is 0 Å². The lowest BCUT2D eigenvalue weighted by Crippen LogP contribution is -2.52. The number of carboxylic acids is 1. The first-order valence-corrected chi connectivity index (χ1v) is 6.23. The third-order valence-corrected chi connectivity index (χ3v) is 3.73. The second-order valence-electron chi connectivity index (χ2n) is 4.94. The van der Waals surface area contributed by atoms with Crippen LogP contribution in [0.1, 0.15) is 36.2 Å². The van der Waals surface area contributed by atoms with Gasteiger partial charge in [-0.3, -0.25) is 4.79 Å². The molecule has 0 atom stereocenters. The van der Waals surface area contributed by atoms with Gasteiger partial charge in [-0.25, -0.2) is 9.36 Å². The smallest absolute Gasteiger partial charge is 0.329 e. The fourth-order valence-corrected chi connectivity index (χ4v) is 2.56. The molecule has 0 aliphatic heterocycles. The molecule has 0 aromatic carbocycles.